The van der Waals surface area contributed by atoms with Gasteiger partial charge < -0.3 is 0 Å². The van der Waals surface area contributed by atoms with Crippen molar-refractivity contribution in [2.75, 3.05) is 0 Å². The van der Waals surface area contributed by atoms with Gasteiger partial charge in [0.25, 0.3) is 0 Å². The average molecular weight is 285 g/mol. The van der Waals surface area contributed by atoms with Gasteiger partial charge in [-0.2, -0.15) is 0 Å². The second-order valence-electron chi connectivity index (χ2n) is 4.03. The van der Waals surface area contributed by atoms with Crippen LogP contribution in [0.15, 0.2) is 30.3 Å². The van der Waals surface area contributed by atoms with Gasteiger partial charge in [0.05, 0.1) is 5.38 Å². The molecule has 1 aromatic carbocycles. The van der Waals surface area contributed by atoms with Crippen LogP contribution in [0.1, 0.15) is 33.2 Å². The summed E-state index contributed by atoms with van der Waals surface area (Å²) in [5, 5.41) is 0.679. The van der Waals surface area contributed by atoms with Gasteiger partial charge in [-0.25, -0.2) is 0 Å². The predicted octanol–water partition coefficient (Wildman–Crippen LogP) is 5.60. The average Bonchev–Trinajstić information content (AvgIpc) is 2.80. The third-order valence-corrected chi connectivity index (χ3v) is 5.09. The maximum atomic E-state index is 6.48. The number of aryl methyl sites for hydroxylation is 2. The van der Waals surface area contributed by atoms with Gasteiger partial charge in [-0.1, -0.05) is 30.7 Å². The molecule has 0 nitrogen and oxygen atoms in total. The van der Waals surface area contributed by atoms with Crippen molar-refractivity contribution in [1.82, 2.24) is 0 Å². The van der Waals surface area contributed by atoms with Crippen LogP contribution in [0.4, 0.5) is 0 Å². The van der Waals surface area contributed by atoms with Crippen LogP contribution in [0.25, 0.3) is 0 Å². The lowest BCUT2D eigenvalue weighted by molar-refractivity contribution is 1.18. The zero-order valence-electron chi connectivity index (χ0n) is 9.84. The molecule has 90 valence electrons. The van der Waals surface area contributed by atoms with E-state index in [1.165, 1.54) is 9.75 Å². The predicted molar refractivity (Wildman–Crippen MR) is 77.6 cm³/mol. The molecule has 0 saturated heterocycles. The molecular formula is C14H14Cl2S. The standard InChI is InChI=1S/C14H14Cl2S/c1-3-11-6-7-13(17-11)14(16)10-5-4-9(2)12(15)8-10/h4-8,14H,3H2,1-2H3. The van der Waals surface area contributed by atoms with Gasteiger partial charge in [-0.3, -0.25) is 0 Å². The zero-order chi connectivity index (χ0) is 12.4. The first-order chi connectivity index (χ1) is 8.11. The van der Waals surface area contributed by atoms with Gasteiger partial charge in [0, 0.05) is 14.8 Å². The summed E-state index contributed by atoms with van der Waals surface area (Å²) in [6, 6.07) is 10.3. The summed E-state index contributed by atoms with van der Waals surface area (Å²) in [7, 11) is 0. The number of rotatable bonds is 3. The highest BCUT2D eigenvalue weighted by atomic mass is 35.5. The minimum Gasteiger partial charge on any atom is -0.143 e. The van der Waals surface area contributed by atoms with E-state index in [4.69, 9.17) is 23.2 Å². The van der Waals surface area contributed by atoms with Crippen LogP contribution in [-0.2, 0) is 6.42 Å². The SMILES string of the molecule is CCc1ccc(C(Cl)c2ccc(C)c(Cl)c2)s1. The Hall–Kier alpha value is -0.500. The number of halogens is 2. The summed E-state index contributed by atoms with van der Waals surface area (Å²) >= 11 is 14.4. The third-order valence-electron chi connectivity index (χ3n) is 2.77. The summed E-state index contributed by atoms with van der Waals surface area (Å²) < 4.78 is 0. The fraction of sp³-hybridized carbons (Fsp3) is 0.286. The third kappa shape index (κ3) is 2.85. The van der Waals surface area contributed by atoms with Crippen molar-refractivity contribution in [2.24, 2.45) is 0 Å². The van der Waals surface area contributed by atoms with Crippen LogP contribution in [0.2, 0.25) is 5.02 Å². The fourth-order valence-corrected chi connectivity index (χ4v) is 3.14. The molecule has 1 unspecified atom stereocenters. The molecule has 0 aliphatic carbocycles. The molecule has 0 bridgehead atoms. The maximum absolute atomic E-state index is 6.48. The molecule has 0 fully saturated rings. The molecule has 0 aliphatic rings. The molecule has 2 aromatic rings. The van der Waals surface area contributed by atoms with Gasteiger partial charge >= 0.3 is 0 Å². The Balaban J connectivity index is 2.29. The summed E-state index contributed by atoms with van der Waals surface area (Å²) in [6.07, 6.45) is 1.06. The maximum Gasteiger partial charge on any atom is 0.0928 e. The molecule has 0 aliphatic heterocycles. The van der Waals surface area contributed by atoms with Crippen LogP contribution in [0.5, 0.6) is 0 Å². The molecule has 0 saturated carbocycles. The second-order valence-corrected chi connectivity index (χ2v) is 6.07. The Morgan fingerprint density at radius 1 is 1.24 bits per heavy atom. The molecule has 1 aromatic heterocycles. The van der Waals surface area contributed by atoms with E-state index < -0.39 is 0 Å². The number of hydrogen-bond donors (Lipinski definition) is 0. The highest BCUT2D eigenvalue weighted by Gasteiger charge is 2.13. The summed E-state index contributed by atoms with van der Waals surface area (Å²) in [4.78, 5) is 2.55. The van der Waals surface area contributed by atoms with E-state index in [2.05, 4.69) is 19.1 Å². The second kappa shape index (κ2) is 5.43. The highest BCUT2D eigenvalue weighted by molar-refractivity contribution is 7.12. The quantitative estimate of drug-likeness (QED) is 0.644. The molecule has 3 heteroatoms. The van der Waals surface area contributed by atoms with Crippen molar-refractivity contribution in [3.05, 3.63) is 56.2 Å². The minimum atomic E-state index is -0.0987. The fourth-order valence-electron chi connectivity index (χ4n) is 1.65. The largest absolute Gasteiger partial charge is 0.143 e. The lowest BCUT2D eigenvalue weighted by atomic mass is 10.1. The Kier molecular flexibility index (Phi) is 4.13. The van der Waals surface area contributed by atoms with Crippen molar-refractivity contribution in [2.45, 2.75) is 25.6 Å². The van der Waals surface area contributed by atoms with Crippen LogP contribution in [0.3, 0.4) is 0 Å². The van der Waals surface area contributed by atoms with Crippen molar-refractivity contribution in [3.63, 3.8) is 0 Å². The van der Waals surface area contributed by atoms with Crippen molar-refractivity contribution >= 4 is 34.5 Å². The molecule has 1 heterocycles. The summed E-state index contributed by atoms with van der Waals surface area (Å²) in [5.41, 5.74) is 2.14. The number of hydrogen-bond acceptors (Lipinski definition) is 1. The van der Waals surface area contributed by atoms with Crippen molar-refractivity contribution in [3.8, 4) is 0 Å². The first kappa shape index (κ1) is 12.9. The molecule has 2 rings (SSSR count). The molecular weight excluding hydrogens is 271 g/mol. The highest BCUT2D eigenvalue weighted by Crippen LogP contribution is 2.35. The molecule has 0 radical (unpaired) electrons. The van der Waals surface area contributed by atoms with E-state index in [0.29, 0.717) is 0 Å². The monoisotopic (exact) mass is 284 g/mol. The lowest BCUT2D eigenvalue weighted by Crippen LogP contribution is -1.90. The Morgan fingerprint density at radius 2 is 2.00 bits per heavy atom. The van der Waals surface area contributed by atoms with E-state index >= 15 is 0 Å². The first-order valence-electron chi connectivity index (χ1n) is 5.60. The van der Waals surface area contributed by atoms with Crippen molar-refractivity contribution in [1.29, 1.82) is 0 Å². The first-order valence-corrected chi connectivity index (χ1v) is 7.23. The number of thiophene rings is 1. The van der Waals surface area contributed by atoms with Gasteiger partial charge in [0.15, 0.2) is 0 Å². The van der Waals surface area contributed by atoms with E-state index in [0.717, 1.165) is 22.6 Å². The van der Waals surface area contributed by atoms with E-state index in [1.807, 2.05) is 25.1 Å². The van der Waals surface area contributed by atoms with Gasteiger partial charge in [-0.15, -0.1) is 22.9 Å². The number of alkyl halides is 1. The molecule has 0 spiro atoms. The summed E-state index contributed by atoms with van der Waals surface area (Å²) in [5.74, 6) is 0. The minimum absolute atomic E-state index is 0.0987. The summed E-state index contributed by atoms with van der Waals surface area (Å²) in [6.45, 7) is 4.15. The van der Waals surface area contributed by atoms with E-state index in [9.17, 15) is 0 Å². The number of benzene rings is 1. The van der Waals surface area contributed by atoms with E-state index in [-0.39, 0.29) is 5.38 Å². The molecule has 0 N–H and O–H groups in total. The van der Waals surface area contributed by atoms with Crippen LogP contribution < -0.4 is 0 Å². The van der Waals surface area contributed by atoms with Crippen molar-refractivity contribution < 1.29 is 0 Å². The van der Waals surface area contributed by atoms with E-state index in [1.54, 1.807) is 11.3 Å². The normalized spacial score (nSPS) is 12.7. The zero-order valence-corrected chi connectivity index (χ0v) is 12.2. The smallest absolute Gasteiger partial charge is 0.0928 e. The van der Waals surface area contributed by atoms with Gasteiger partial charge in [0.1, 0.15) is 0 Å². The molecule has 0 amide bonds. The van der Waals surface area contributed by atoms with Crippen LogP contribution in [-0.4, -0.2) is 0 Å². The Morgan fingerprint density at radius 3 is 2.59 bits per heavy atom. The lowest BCUT2D eigenvalue weighted by Gasteiger charge is -2.09. The van der Waals surface area contributed by atoms with Gasteiger partial charge in [0.2, 0.25) is 0 Å². The topological polar surface area (TPSA) is 0 Å². The van der Waals surface area contributed by atoms with Gasteiger partial charge in [-0.05, 0) is 42.7 Å². The Bertz CT molecular complexity index is 517. The Labute approximate surface area is 116 Å². The molecule has 17 heavy (non-hydrogen) atoms. The van der Waals surface area contributed by atoms with Crippen LogP contribution >= 0.6 is 34.5 Å². The molecule has 1 atom stereocenters. The van der Waals surface area contributed by atoms with Crippen LogP contribution in [0, 0.1) is 6.92 Å².